The molecule has 1 aliphatic heterocycles. The fourth-order valence-corrected chi connectivity index (χ4v) is 1.75. The largest absolute Gasteiger partial charge is 0.449 e. The molecule has 1 aliphatic rings. The van der Waals surface area contributed by atoms with Crippen molar-refractivity contribution in [3.05, 3.63) is 0 Å². The van der Waals surface area contributed by atoms with E-state index in [-0.39, 0.29) is 12.0 Å². The van der Waals surface area contributed by atoms with Gasteiger partial charge in [-0.3, -0.25) is 0 Å². The average molecular weight is 230 g/mol. The first-order valence-corrected chi connectivity index (χ1v) is 5.77. The smallest absolute Gasteiger partial charge is 0.409 e. The molecule has 5 heteroatoms. The summed E-state index contributed by atoms with van der Waals surface area (Å²) in [6, 6.07) is 0. The molecule has 0 radical (unpaired) electrons. The van der Waals surface area contributed by atoms with Crippen LogP contribution in [0.4, 0.5) is 4.79 Å². The molecular formula is C10H18N2O2S. The van der Waals surface area contributed by atoms with Gasteiger partial charge in [0.1, 0.15) is 0 Å². The van der Waals surface area contributed by atoms with Gasteiger partial charge in [-0.2, -0.15) is 0 Å². The highest BCUT2D eigenvalue weighted by atomic mass is 32.1. The molecule has 0 saturated carbocycles. The maximum atomic E-state index is 11.5. The lowest BCUT2D eigenvalue weighted by atomic mass is 10.1. The quantitative estimate of drug-likeness (QED) is 0.588. The molecule has 0 bridgehead atoms. The summed E-state index contributed by atoms with van der Waals surface area (Å²) < 4.78 is 5.10. The molecule has 0 aliphatic carbocycles. The second-order valence-electron chi connectivity index (χ2n) is 3.80. The molecule has 0 aromatic heterocycles. The maximum absolute atomic E-state index is 11.5. The Kier molecular flexibility index (Phi) is 4.81. The monoisotopic (exact) mass is 230 g/mol. The summed E-state index contributed by atoms with van der Waals surface area (Å²) in [5.74, 6) is 0.165. The van der Waals surface area contributed by atoms with Gasteiger partial charge < -0.3 is 15.4 Å². The first kappa shape index (κ1) is 12.2. The van der Waals surface area contributed by atoms with E-state index >= 15 is 0 Å². The van der Waals surface area contributed by atoms with Gasteiger partial charge in [0.2, 0.25) is 0 Å². The Bertz CT molecular complexity index is 246. The Balaban J connectivity index is 2.27. The van der Waals surface area contributed by atoms with E-state index in [0.29, 0.717) is 24.7 Å². The third-order valence-electron chi connectivity index (χ3n) is 2.57. The number of rotatable bonds is 4. The first-order chi connectivity index (χ1) is 7.15. The van der Waals surface area contributed by atoms with Crippen LogP contribution in [0.15, 0.2) is 0 Å². The number of hydrogen-bond donors (Lipinski definition) is 1. The molecular weight excluding hydrogens is 212 g/mol. The van der Waals surface area contributed by atoms with E-state index in [2.05, 4.69) is 6.92 Å². The minimum Gasteiger partial charge on any atom is -0.449 e. The second-order valence-corrected chi connectivity index (χ2v) is 4.27. The number of hydrogen-bond acceptors (Lipinski definition) is 3. The number of amides is 1. The van der Waals surface area contributed by atoms with Crippen LogP contribution in [0.25, 0.3) is 0 Å². The van der Waals surface area contributed by atoms with Crippen molar-refractivity contribution in [3.8, 4) is 0 Å². The normalized spacial score (nSPS) is 20.3. The number of thiocarbonyl (C=S) groups is 1. The fourth-order valence-electron chi connectivity index (χ4n) is 1.55. The lowest BCUT2D eigenvalue weighted by molar-refractivity contribution is 0.109. The standard InChI is InChI=1S/C10H18N2O2S/c1-2-3-6-14-10(13)12-5-4-8(7-12)9(11)15/h8H,2-7H2,1H3,(H2,11,15). The van der Waals surface area contributed by atoms with Crippen LogP contribution < -0.4 is 5.73 Å². The molecule has 0 aromatic rings. The summed E-state index contributed by atoms with van der Waals surface area (Å²) in [7, 11) is 0. The van der Waals surface area contributed by atoms with Gasteiger partial charge in [-0.15, -0.1) is 0 Å². The van der Waals surface area contributed by atoms with Crippen LogP contribution in [-0.2, 0) is 4.74 Å². The van der Waals surface area contributed by atoms with Crippen molar-refractivity contribution in [2.45, 2.75) is 26.2 Å². The molecule has 86 valence electrons. The summed E-state index contributed by atoms with van der Waals surface area (Å²) in [6.45, 7) is 3.88. The van der Waals surface area contributed by atoms with Crippen molar-refractivity contribution in [2.24, 2.45) is 11.7 Å². The predicted octanol–water partition coefficient (Wildman–Crippen LogP) is 1.53. The van der Waals surface area contributed by atoms with Gasteiger partial charge in [0, 0.05) is 19.0 Å². The number of ether oxygens (including phenoxy) is 1. The van der Waals surface area contributed by atoms with Gasteiger partial charge in [0.15, 0.2) is 0 Å². The van der Waals surface area contributed by atoms with E-state index in [1.807, 2.05) is 0 Å². The van der Waals surface area contributed by atoms with Crippen molar-refractivity contribution in [2.75, 3.05) is 19.7 Å². The molecule has 0 spiro atoms. The number of nitrogens with zero attached hydrogens (tertiary/aromatic N) is 1. The zero-order valence-electron chi connectivity index (χ0n) is 9.07. The minimum atomic E-state index is -0.234. The zero-order valence-corrected chi connectivity index (χ0v) is 9.89. The summed E-state index contributed by atoms with van der Waals surface area (Å²) in [6.07, 6.45) is 2.57. The van der Waals surface area contributed by atoms with Crippen molar-refractivity contribution in [1.82, 2.24) is 4.90 Å². The molecule has 1 fully saturated rings. The number of carbonyl (C=O) groups is 1. The van der Waals surface area contributed by atoms with Crippen molar-refractivity contribution in [3.63, 3.8) is 0 Å². The van der Waals surface area contributed by atoms with Gasteiger partial charge in [0.25, 0.3) is 0 Å². The molecule has 1 unspecified atom stereocenters. The van der Waals surface area contributed by atoms with Gasteiger partial charge in [-0.25, -0.2) is 4.79 Å². The Morgan fingerprint density at radius 3 is 2.93 bits per heavy atom. The highest BCUT2D eigenvalue weighted by molar-refractivity contribution is 7.80. The Morgan fingerprint density at radius 1 is 1.67 bits per heavy atom. The van der Waals surface area contributed by atoms with Gasteiger partial charge in [-0.05, 0) is 12.8 Å². The first-order valence-electron chi connectivity index (χ1n) is 5.36. The van der Waals surface area contributed by atoms with Crippen LogP contribution in [-0.4, -0.2) is 35.7 Å². The molecule has 1 saturated heterocycles. The van der Waals surface area contributed by atoms with Crippen LogP contribution in [0.3, 0.4) is 0 Å². The molecule has 0 aromatic carbocycles. The van der Waals surface area contributed by atoms with E-state index in [4.69, 9.17) is 22.7 Å². The summed E-state index contributed by atoms with van der Waals surface area (Å²) in [5.41, 5.74) is 5.53. The van der Waals surface area contributed by atoms with Crippen LogP contribution in [0.5, 0.6) is 0 Å². The van der Waals surface area contributed by atoms with Gasteiger partial charge in [-0.1, -0.05) is 25.6 Å². The Hall–Kier alpha value is -0.840. The summed E-state index contributed by atoms with van der Waals surface area (Å²) in [5, 5.41) is 0. The van der Waals surface area contributed by atoms with E-state index in [1.54, 1.807) is 4.90 Å². The van der Waals surface area contributed by atoms with E-state index in [0.717, 1.165) is 19.3 Å². The molecule has 1 rings (SSSR count). The van der Waals surface area contributed by atoms with Crippen LogP contribution in [0.1, 0.15) is 26.2 Å². The number of carbonyl (C=O) groups excluding carboxylic acids is 1. The lowest BCUT2D eigenvalue weighted by Gasteiger charge is -2.15. The second kappa shape index (κ2) is 5.90. The van der Waals surface area contributed by atoms with Crippen LogP contribution in [0.2, 0.25) is 0 Å². The maximum Gasteiger partial charge on any atom is 0.409 e. The highest BCUT2D eigenvalue weighted by Gasteiger charge is 2.28. The fraction of sp³-hybridized carbons (Fsp3) is 0.800. The van der Waals surface area contributed by atoms with Crippen LogP contribution >= 0.6 is 12.2 Å². The van der Waals surface area contributed by atoms with Crippen molar-refractivity contribution in [1.29, 1.82) is 0 Å². The van der Waals surface area contributed by atoms with Gasteiger partial charge >= 0.3 is 6.09 Å². The van der Waals surface area contributed by atoms with Crippen molar-refractivity contribution < 1.29 is 9.53 Å². The Labute approximate surface area is 95.8 Å². The molecule has 2 N–H and O–H groups in total. The average Bonchev–Trinajstić information content (AvgIpc) is 2.66. The van der Waals surface area contributed by atoms with Crippen molar-refractivity contribution >= 4 is 23.3 Å². The lowest BCUT2D eigenvalue weighted by Crippen LogP contribution is -2.31. The molecule has 1 atom stereocenters. The zero-order chi connectivity index (χ0) is 11.3. The molecule has 1 heterocycles. The highest BCUT2D eigenvalue weighted by Crippen LogP contribution is 2.17. The molecule has 4 nitrogen and oxygen atoms in total. The van der Waals surface area contributed by atoms with E-state index < -0.39 is 0 Å². The number of unbranched alkanes of at least 4 members (excludes halogenated alkanes) is 1. The molecule has 1 amide bonds. The summed E-state index contributed by atoms with van der Waals surface area (Å²) in [4.78, 5) is 13.7. The third-order valence-corrected chi connectivity index (χ3v) is 2.91. The van der Waals surface area contributed by atoms with E-state index in [9.17, 15) is 4.79 Å². The van der Waals surface area contributed by atoms with Crippen LogP contribution in [0, 0.1) is 5.92 Å². The molecule has 15 heavy (non-hydrogen) atoms. The summed E-state index contributed by atoms with van der Waals surface area (Å²) >= 11 is 4.90. The third kappa shape index (κ3) is 3.66. The topological polar surface area (TPSA) is 55.6 Å². The van der Waals surface area contributed by atoms with E-state index in [1.165, 1.54) is 0 Å². The number of nitrogens with two attached hydrogens (primary N) is 1. The Morgan fingerprint density at radius 2 is 2.40 bits per heavy atom. The van der Waals surface area contributed by atoms with Gasteiger partial charge in [0.05, 0.1) is 11.6 Å². The predicted molar refractivity (Wildman–Crippen MR) is 62.7 cm³/mol. The number of likely N-dealkylation sites (tertiary alicyclic amines) is 1. The minimum absolute atomic E-state index is 0.165. The SMILES string of the molecule is CCCCOC(=O)N1CCC(C(N)=S)C1.